The van der Waals surface area contributed by atoms with Gasteiger partial charge in [-0.15, -0.1) is 0 Å². The van der Waals surface area contributed by atoms with Crippen LogP contribution in [-0.4, -0.2) is 13.7 Å². The van der Waals surface area contributed by atoms with Crippen LogP contribution in [0.2, 0.25) is 0 Å². The molecular weight excluding hydrogens is 256 g/mol. The number of benzene rings is 2. The maximum atomic E-state index is 12.4. The molecule has 1 aliphatic carbocycles. The molecule has 2 unspecified atom stereocenters. The van der Waals surface area contributed by atoms with Crippen molar-refractivity contribution in [2.45, 2.75) is 23.0 Å². The van der Waals surface area contributed by atoms with E-state index < -0.39 is 9.84 Å². The molecule has 0 bridgehead atoms. The molecule has 0 heterocycles. The van der Waals surface area contributed by atoms with E-state index in [1.807, 2.05) is 24.3 Å². The third-order valence-corrected chi connectivity index (χ3v) is 5.97. The first-order chi connectivity index (χ1) is 9.18. The molecule has 2 atom stereocenters. The Bertz CT molecular complexity index is 648. The van der Waals surface area contributed by atoms with Crippen molar-refractivity contribution in [3.05, 3.63) is 66.2 Å². The molecule has 2 aromatic rings. The average molecular weight is 272 g/mol. The maximum absolute atomic E-state index is 12.4. The van der Waals surface area contributed by atoms with Gasteiger partial charge in [-0.3, -0.25) is 0 Å². The molecule has 0 amide bonds. The molecule has 3 rings (SSSR count). The first-order valence-corrected chi connectivity index (χ1v) is 8.05. The fraction of sp³-hybridized carbons (Fsp3) is 0.250. The highest BCUT2D eigenvalue weighted by Gasteiger charge is 2.47. The van der Waals surface area contributed by atoms with E-state index >= 15 is 0 Å². The summed E-state index contributed by atoms with van der Waals surface area (Å²) in [5.74, 6) is 0.271. The minimum absolute atomic E-state index is 0.199. The van der Waals surface area contributed by atoms with Crippen molar-refractivity contribution < 1.29 is 8.42 Å². The highest BCUT2D eigenvalue weighted by Crippen LogP contribution is 2.42. The molecule has 0 saturated heterocycles. The van der Waals surface area contributed by atoms with E-state index in [2.05, 4.69) is 12.1 Å². The van der Waals surface area contributed by atoms with Gasteiger partial charge in [0.2, 0.25) is 0 Å². The van der Waals surface area contributed by atoms with Crippen molar-refractivity contribution in [1.29, 1.82) is 0 Å². The van der Waals surface area contributed by atoms with Crippen molar-refractivity contribution in [2.24, 2.45) is 5.92 Å². The van der Waals surface area contributed by atoms with Crippen molar-refractivity contribution in [3.63, 3.8) is 0 Å². The molecule has 1 fully saturated rings. The quantitative estimate of drug-likeness (QED) is 0.857. The van der Waals surface area contributed by atoms with E-state index in [1.54, 1.807) is 24.3 Å². The van der Waals surface area contributed by atoms with Crippen LogP contribution in [-0.2, 0) is 16.3 Å². The summed E-state index contributed by atoms with van der Waals surface area (Å²) in [6, 6.07) is 18.9. The fourth-order valence-corrected chi connectivity index (χ4v) is 4.51. The lowest BCUT2D eigenvalue weighted by Gasteiger charge is -2.04. The second kappa shape index (κ2) is 4.82. The zero-order valence-electron chi connectivity index (χ0n) is 10.6. The predicted octanol–water partition coefficient (Wildman–Crippen LogP) is 3.09. The summed E-state index contributed by atoms with van der Waals surface area (Å²) in [5, 5.41) is -0.199. The van der Waals surface area contributed by atoms with Gasteiger partial charge in [-0.1, -0.05) is 48.5 Å². The van der Waals surface area contributed by atoms with E-state index in [4.69, 9.17) is 0 Å². The average Bonchev–Trinajstić information content (AvgIpc) is 3.21. The normalized spacial score (nSPS) is 22.1. The molecule has 2 aromatic carbocycles. The number of hydrogen-bond donors (Lipinski definition) is 0. The van der Waals surface area contributed by atoms with E-state index in [0.29, 0.717) is 4.90 Å². The van der Waals surface area contributed by atoms with Crippen LogP contribution >= 0.6 is 0 Å². The smallest absolute Gasteiger partial charge is 0.181 e. The molecular formula is C16H16O2S. The Morgan fingerprint density at radius 1 is 0.895 bits per heavy atom. The van der Waals surface area contributed by atoms with Gasteiger partial charge in [0.15, 0.2) is 9.84 Å². The molecule has 2 nitrogen and oxygen atoms in total. The van der Waals surface area contributed by atoms with Gasteiger partial charge >= 0.3 is 0 Å². The highest BCUT2D eigenvalue weighted by molar-refractivity contribution is 7.92. The van der Waals surface area contributed by atoms with Crippen LogP contribution in [0.1, 0.15) is 12.0 Å². The van der Waals surface area contributed by atoms with Gasteiger partial charge in [-0.25, -0.2) is 8.42 Å². The van der Waals surface area contributed by atoms with Crippen molar-refractivity contribution in [3.8, 4) is 0 Å². The molecule has 0 aliphatic heterocycles. The Morgan fingerprint density at radius 3 is 2.11 bits per heavy atom. The summed E-state index contributed by atoms with van der Waals surface area (Å²) in [6.45, 7) is 0. The molecule has 98 valence electrons. The van der Waals surface area contributed by atoms with Crippen LogP contribution in [0.5, 0.6) is 0 Å². The maximum Gasteiger partial charge on any atom is 0.181 e. The highest BCUT2D eigenvalue weighted by atomic mass is 32.2. The van der Waals surface area contributed by atoms with Gasteiger partial charge in [-0.2, -0.15) is 0 Å². The zero-order valence-corrected chi connectivity index (χ0v) is 11.4. The van der Waals surface area contributed by atoms with Crippen LogP contribution < -0.4 is 0 Å². The Labute approximate surface area is 114 Å². The van der Waals surface area contributed by atoms with Gasteiger partial charge in [0.1, 0.15) is 0 Å². The van der Waals surface area contributed by atoms with E-state index in [9.17, 15) is 8.42 Å². The van der Waals surface area contributed by atoms with Crippen LogP contribution in [0.4, 0.5) is 0 Å². The zero-order chi connectivity index (χ0) is 13.3. The lowest BCUT2D eigenvalue weighted by atomic mass is 10.1. The van der Waals surface area contributed by atoms with E-state index in [1.165, 1.54) is 5.56 Å². The minimum Gasteiger partial charge on any atom is -0.223 e. The molecule has 0 radical (unpaired) electrons. The summed E-state index contributed by atoms with van der Waals surface area (Å²) in [5.41, 5.74) is 1.22. The monoisotopic (exact) mass is 272 g/mol. The van der Waals surface area contributed by atoms with Gasteiger partial charge in [-0.05, 0) is 36.5 Å². The van der Waals surface area contributed by atoms with Crippen LogP contribution in [0.15, 0.2) is 65.6 Å². The summed E-state index contributed by atoms with van der Waals surface area (Å²) in [7, 11) is -3.14. The minimum atomic E-state index is -3.14. The van der Waals surface area contributed by atoms with Gasteiger partial charge in [0.05, 0.1) is 10.1 Å². The first-order valence-electron chi connectivity index (χ1n) is 6.51. The van der Waals surface area contributed by atoms with E-state index in [-0.39, 0.29) is 11.2 Å². The van der Waals surface area contributed by atoms with Crippen LogP contribution in [0.25, 0.3) is 0 Å². The Hall–Kier alpha value is -1.61. The molecule has 0 spiro atoms. The molecule has 3 heteroatoms. The third-order valence-electron chi connectivity index (χ3n) is 3.67. The van der Waals surface area contributed by atoms with E-state index in [0.717, 1.165) is 12.8 Å². The standard InChI is InChI=1S/C16H16O2S/c17-19(18,15-9-5-2-6-10-15)16-12-14(16)11-13-7-3-1-4-8-13/h1-10,14,16H,11-12H2. The fourth-order valence-electron chi connectivity index (χ4n) is 2.52. The summed E-state index contributed by atoms with van der Waals surface area (Å²) < 4.78 is 24.8. The number of rotatable bonds is 4. The van der Waals surface area contributed by atoms with Crippen molar-refractivity contribution in [1.82, 2.24) is 0 Å². The Kier molecular flexibility index (Phi) is 3.15. The lowest BCUT2D eigenvalue weighted by molar-refractivity contribution is 0.591. The number of hydrogen-bond acceptors (Lipinski definition) is 2. The Balaban J connectivity index is 1.73. The molecule has 1 saturated carbocycles. The van der Waals surface area contributed by atoms with Crippen LogP contribution in [0, 0.1) is 5.92 Å². The lowest BCUT2D eigenvalue weighted by Crippen LogP contribution is -2.10. The second-order valence-corrected chi connectivity index (χ2v) is 7.25. The number of sulfone groups is 1. The second-order valence-electron chi connectivity index (χ2n) is 5.08. The summed E-state index contributed by atoms with van der Waals surface area (Å²) in [4.78, 5) is 0.454. The van der Waals surface area contributed by atoms with Gasteiger partial charge < -0.3 is 0 Å². The van der Waals surface area contributed by atoms with Gasteiger partial charge in [0.25, 0.3) is 0 Å². The third kappa shape index (κ3) is 2.56. The van der Waals surface area contributed by atoms with Crippen LogP contribution in [0.3, 0.4) is 0 Å². The summed E-state index contributed by atoms with van der Waals surface area (Å²) in [6.07, 6.45) is 1.64. The van der Waals surface area contributed by atoms with Crippen molar-refractivity contribution >= 4 is 9.84 Å². The van der Waals surface area contributed by atoms with Crippen molar-refractivity contribution in [2.75, 3.05) is 0 Å². The van der Waals surface area contributed by atoms with Gasteiger partial charge in [0, 0.05) is 0 Å². The first kappa shape index (κ1) is 12.4. The topological polar surface area (TPSA) is 34.1 Å². The Morgan fingerprint density at radius 2 is 1.47 bits per heavy atom. The predicted molar refractivity (Wildman–Crippen MR) is 75.7 cm³/mol. The molecule has 1 aliphatic rings. The summed E-state index contributed by atoms with van der Waals surface area (Å²) >= 11 is 0. The molecule has 19 heavy (non-hydrogen) atoms. The molecule has 0 aromatic heterocycles. The SMILES string of the molecule is O=S(=O)(c1ccccc1)C1CC1Cc1ccccc1. The largest absolute Gasteiger partial charge is 0.223 e. The molecule has 0 N–H and O–H groups in total.